The second-order valence-electron chi connectivity index (χ2n) is 6.44. The average Bonchev–Trinajstić information content (AvgIpc) is 3.16. The van der Waals surface area contributed by atoms with Gasteiger partial charge in [0, 0.05) is 30.0 Å². The first kappa shape index (κ1) is 19.2. The van der Waals surface area contributed by atoms with Gasteiger partial charge in [0.25, 0.3) is 0 Å². The van der Waals surface area contributed by atoms with Crippen LogP contribution in [0, 0.1) is 0 Å². The normalized spacial score (nSPS) is 10.7. The molecule has 0 bridgehead atoms. The first-order chi connectivity index (χ1) is 13.2. The van der Waals surface area contributed by atoms with E-state index in [1.807, 2.05) is 24.3 Å². The topological polar surface area (TPSA) is 55.1 Å². The number of carbonyl (C=O) groups is 1. The number of nitrogens with one attached hydrogen (secondary N) is 1. The number of aromatic nitrogens is 1. The molecule has 0 atom stereocenters. The number of carbonyl (C=O) groups excluding carboxylic acids is 1. The van der Waals surface area contributed by atoms with Crippen molar-refractivity contribution in [2.75, 3.05) is 0 Å². The summed E-state index contributed by atoms with van der Waals surface area (Å²) in [6.45, 7) is 2.59. The Labute approximate surface area is 164 Å². The summed E-state index contributed by atoms with van der Waals surface area (Å²) in [6.07, 6.45) is 4.63. The van der Waals surface area contributed by atoms with Crippen molar-refractivity contribution in [3.63, 3.8) is 0 Å². The molecule has 1 heterocycles. The molecule has 0 fully saturated rings. The zero-order valence-electron chi connectivity index (χ0n) is 15.4. The molecule has 4 nitrogen and oxygen atoms in total. The Morgan fingerprint density at radius 1 is 1.11 bits per heavy atom. The van der Waals surface area contributed by atoms with Gasteiger partial charge in [0.15, 0.2) is 5.89 Å². The number of amides is 1. The van der Waals surface area contributed by atoms with Gasteiger partial charge in [-0.25, -0.2) is 4.98 Å². The Bertz CT molecular complexity index is 887. The van der Waals surface area contributed by atoms with Crippen molar-refractivity contribution in [3.05, 3.63) is 76.8 Å². The minimum Gasteiger partial charge on any atom is -0.448 e. The fourth-order valence-electron chi connectivity index (χ4n) is 2.83. The average molecular weight is 383 g/mol. The molecule has 1 aromatic heterocycles. The molecule has 0 aliphatic carbocycles. The van der Waals surface area contributed by atoms with Gasteiger partial charge in [-0.3, -0.25) is 4.79 Å². The molecule has 0 radical (unpaired) electrons. The van der Waals surface area contributed by atoms with E-state index in [4.69, 9.17) is 16.0 Å². The summed E-state index contributed by atoms with van der Waals surface area (Å²) in [5, 5.41) is 3.53. The fourth-order valence-corrected chi connectivity index (χ4v) is 3.04. The lowest BCUT2D eigenvalue weighted by Crippen LogP contribution is -2.23. The molecule has 0 unspecified atom stereocenters. The summed E-state index contributed by atoms with van der Waals surface area (Å²) >= 11 is 6.09. The lowest BCUT2D eigenvalue weighted by Gasteiger charge is -2.06. The predicted molar refractivity (Wildman–Crippen MR) is 108 cm³/mol. The molecule has 5 heteroatoms. The number of hydrogen-bond acceptors (Lipinski definition) is 3. The van der Waals surface area contributed by atoms with Crippen LogP contribution in [0.25, 0.3) is 11.3 Å². The zero-order valence-corrected chi connectivity index (χ0v) is 16.1. The number of nitrogens with zero attached hydrogens (tertiary/aromatic N) is 1. The standard InChI is InChI=1S/C22H23ClN2O2/c1-2-5-16-8-10-17(11-9-16)20-15-27-22(25-20)13-12-21(26)24-14-18-6-3-4-7-19(18)23/h3-4,6-11,15H,2,5,12-14H2,1H3,(H,24,26). The summed E-state index contributed by atoms with van der Waals surface area (Å²) in [5.41, 5.74) is 4.04. The maximum Gasteiger partial charge on any atom is 0.220 e. The maximum absolute atomic E-state index is 12.1. The molecular weight excluding hydrogens is 360 g/mol. The van der Waals surface area contributed by atoms with Crippen LogP contribution in [0.1, 0.15) is 36.8 Å². The molecule has 1 amide bonds. The lowest BCUT2D eigenvalue weighted by atomic mass is 10.1. The van der Waals surface area contributed by atoms with Crippen LogP contribution in [-0.4, -0.2) is 10.9 Å². The van der Waals surface area contributed by atoms with E-state index in [1.54, 1.807) is 6.26 Å². The highest BCUT2D eigenvalue weighted by atomic mass is 35.5. The van der Waals surface area contributed by atoms with Gasteiger partial charge in [-0.2, -0.15) is 0 Å². The summed E-state index contributed by atoms with van der Waals surface area (Å²) in [6, 6.07) is 15.8. The minimum absolute atomic E-state index is 0.0569. The van der Waals surface area contributed by atoms with Crippen molar-refractivity contribution < 1.29 is 9.21 Å². The highest BCUT2D eigenvalue weighted by Crippen LogP contribution is 2.20. The van der Waals surface area contributed by atoms with E-state index in [-0.39, 0.29) is 5.91 Å². The molecule has 0 saturated carbocycles. The van der Waals surface area contributed by atoms with Crippen LogP contribution in [0.2, 0.25) is 5.02 Å². The van der Waals surface area contributed by atoms with Crippen molar-refractivity contribution in [1.29, 1.82) is 0 Å². The van der Waals surface area contributed by atoms with Crippen molar-refractivity contribution in [2.45, 2.75) is 39.2 Å². The number of benzene rings is 2. The van der Waals surface area contributed by atoms with Gasteiger partial charge >= 0.3 is 0 Å². The van der Waals surface area contributed by atoms with Gasteiger partial charge < -0.3 is 9.73 Å². The van der Waals surface area contributed by atoms with Gasteiger partial charge in [-0.15, -0.1) is 0 Å². The van der Waals surface area contributed by atoms with E-state index >= 15 is 0 Å². The molecule has 0 spiro atoms. The third kappa shape index (κ3) is 5.44. The van der Waals surface area contributed by atoms with Gasteiger partial charge in [0.1, 0.15) is 12.0 Å². The Kier molecular flexibility index (Phi) is 6.66. The Morgan fingerprint density at radius 2 is 1.89 bits per heavy atom. The molecular formula is C22H23ClN2O2. The minimum atomic E-state index is -0.0569. The first-order valence-corrected chi connectivity index (χ1v) is 9.57. The van der Waals surface area contributed by atoms with Crippen LogP contribution in [-0.2, 0) is 24.2 Å². The monoisotopic (exact) mass is 382 g/mol. The van der Waals surface area contributed by atoms with E-state index in [9.17, 15) is 4.79 Å². The van der Waals surface area contributed by atoms with E-state index in [1.165, 1.54) is 5.56 Å². The molecule has 3 aromatic rings. The van der Waals surface area contributed by atoms with Gasteiger partial charge in [0.2, 0.25) is 5.91 Å². The van der Waals surface area contributed by atoms with Crippen LogP contribution in [0.3, 0.4) is 0 Å². The van der Waals surface area contributed by atoms with Gasteiger partial charge in [-0.05, 0) is 23.6 Å². The van der Waals surface area contributed by atoms with Crippen molar-refractivity contribution >= 4 is 17.5 Å². The van der Waals surface area contributed by atoms with Crippen LogP contribution in [0.4, 0.5) is 0 Å². The SMILES string of the molecule is CCCc1ccc(-c2coc(CCC(=O)NCc3ccccc3Cl)n2)cc1. The zero-order chi connectivity index (χ0) is 19.1. The summed E-state index contributed by atoms with van der Waals surface area (Å²) in [5.74, 6) is 0.508. The molecule has 0 aliphatic rings. The molecule has 1 N–H and O–H groups in total. The third-order valence-electron chi connectivity index (χ3n) is 4.34. The second-order valence-corrected chi connectivity index (χ2v) is 6.85. The quantitative estimate of drug-likeness (QED) is 0.582. The largest absolute Gasteiger partial charge is 0.448 e. The molecule has 140 valence electrons. The van der Waals surface area contributed by atoms with Crippen LogP contribution < -0.4 is 5.32 Å². The third-order valence-corrected chi connectivity index (χ3v) is 4.71. The van der Waals surface area contributed by atoms with Crippen molar-refractivity contribution in [3.8, 4) is 11.3 Å². The highest BCUT2D eigenvalue weighted by molar-refractivity contribution is 6.31. The number of rotatable bonds is 8. The molecule has 0 saturated heterocycles. The van der Waals surface area contributed by atoms with Gasteiger partial charge in [0.05, 0.1) is 0 Å². The molecule has 2 aromatic carbocycles. The number of aryl methyl sites for hydroxylation is 2. The summed E-state index contributed by atoms with van der Waals surface area (Å²) in [4.78, 5) is 16.5. The lowest BCUT2D eigenvalue weighted by molar-refractivity contribution is -0.121. The van der Waals surface area contributed by atoms with Crippen LogP contribution in [0.5, 0.6) is 0 Å². The van der Waals surface area contributed by atoms with Crippen molar-refractivity contribution in [2.24, 2.45) is 0 Å². The Morgan fingerprint density at radius 3 is 2.63 bits per heavy atom. The second kappa shape index (κ2) is 9.38. The van der Waals surface area contributed by atoms with E-state index in [2.05, 4.69) is 41.5 Å². The first-order valence-electron chi connectivity index (χ1n) is 9.19. The fraction of sp³-hybridized carbons (Fsp3) is 0.273. The summed E-state index contributed by atoms with van der Waals surface area (Å²) < 4.78 is 5.52. The molecule has 0 aliphatic heterocycles. The number of halogens is 1. The van der Waals surface area contributed by atoms with Gasteiger partial charge in [-0.1, -0.05) is 67.4 Å². The van der Waals surface area contributed by atoms with E-state index in [0.29, 0.717) is 30.3 Å². The number of oxazole rings is 1. The van der Waals surface area contributed by atoms with E-state index < -0.39 is 0 Å². The molecule has 3 rings (SSSR count). The highest BCUT2D eigenvalue weighted by Gasteiger charge is 2.09. The predicted octanol–water partition coefficient (Wildman–Crippen LogP) is 5.20. The molecule has 27 heavy (non-hydrogen) atoms. The Balaban J connectivity index is 1.50. The van der Waals surface area contributed by atoms with Crippen LogP contribution >= 0.6 is 11.6 Å². The van der Waals surface area contributed by atoms with Crippen LogP contribution in [0.15, 0.2) is 59.2 Å². The maximum atomic E-state index is 12.1. The Hall–Kier alpha value is -2.59. The number of hydrogen-bond donors (Lipinski definition) is 1. The summed E-state index contributed by atoms with van der Waals surface area (Å²) in [7, 11) is 0. The van der Waals surface area contributed by atoms with Crippen molar-refractivity contribution in [1.82, 2.24) is 10.3 Å². The van der Waals surface area contributed by atoms with E-state index in [0.717, 1.165) is 29.7 Å². The smallest absolute Gasteiger partial charge is 0.220 e.